The summed E-state index contributed by atoms with van der Waals surface area (Å²) in [5.41, 5.74) is 4.32. The quantitative estimate of drug-likeness (QED) is 0.569. The SMILES string of the molecule is Cc1ccc(C(Sc2ncc[nH]2)c2nc3nc(C)cc(C)n3n2)cc1. The van der Waals surface area contributed by atoms with E-state index in [1.165, 1.54) is 5.56 Å². The zero-order chi connectivity index (χ0) is 17.4. The minimum absolute atomic E-state index is 0.0619. The lowest BCUT2D eigenvalue weighted by molar-refractivity contribution is 0.848. The lowest BCUT2D eigenvalue weighted by Crippen LogP contribution is -2.01. The van der Waals surface area contributed by atoms with Gasteiger partial charge >= 0.3 is 0 Å². The number of benzene rings is 1. The largest absolute Gasteiger partial charge is 0.340 e. The van der Waals surface area contributed by atoms with E-state index in [-0.39, 0.29) is 5.25 Å². The van der Waals surface area contributed by atoms with Crippen LogP contribution in [0.15, 0.2) is 47.9 Å². The molecule has 0 radical (unpaired) electrons. The number of fused-ring (bicyclic) bond motifs is 1. The van der Waals surface area contributed by atoms with E-state index >= 15 is 0 Å². The van der Waals surface area contributed by atoms with Gasteiger partial charge in [-0.25, -0.2) is 14.5 Å². The van der Waals surface area contributed by atoms with Gasteiger partial charge in [0.25, 0.3) is 5.78 Å². The van der Waals surface area contributed by atoms with Crippen molar-refractivity contribution < 1.29 is 0 Å². The first-order chi connectivity index (χ1) is 12.1. The van der Waals surface area contributed by atoms with Gasteiger partial charge in [0.15, 0.2) is 11.0 Å². The summed E-state index contributed by atoms with van der Waals surface area (Å²) in [5, 5.41) is 5.49. The number of aryl methyl sites for hydroxylation is 3. The van der Waals surface area contributed by atoms with Crippen LogP contribution in [0.5, 0.6) is 0 Å². The molecule has 4 aromatic rings. The smallest absolute Gasteiger partial charge is 0.252 e. The van der Waals surface area contributed by atoms with Gasteiger partial charge in [0.2, 0.25) is 0 Å². The van der Waals surface area contributed by atoms with Crippen molar-refractivity contribution >= 4 is 17.5 Å². The second kappa shape index (κ2) is 6.33. The van der Waals surface area contributed by atoms with Gasteiger partial charge in [-0.3, -0.25) is 0 Å². The number of nitrogens with one attached hydrogen (secondary N) is 1. The van der Waals surface area contributed by atoms with Crippen molar-refractivity contribution in [2.24, 2.45) is 0 Å². The fraction of sp³-hybridized carbons (Fsp3) is 0.222. The van der Waals surface area contributed by atoms with Crippen molar-refractivity contribution in [2.75, 3.05) is 0 Å². The van der Waals surface area contributed by atoms with Crippen molar-refractivity contribution in [1.29, 1.82) is 0 Å². The molecule has 0 bridgehead atoms. The van der Waals surface area contributed by atoms with Gasteiger partial charge < -0.3 is 4.98 Å². The number of aromatic amines is 1. The average molecular weight is 350 g/mol. The molecule has 0 amide bonds. The van der Waals surface area contributed by atoms with E-state index in [0.717, 1.165) is 27.9 Å². The average Bonchev–Trinajstić information content (AvgIpc) is 3.23. The molecule has 0 saturated carbocycles. The fourth-order valence-corrected chi connectivity index (χ4v) is 3.71. The van der Waals surface area contributed by atoms with E-state index < -0.39 is 0 Å². The van der Waals surface area contributed by atoms with Gasteiger partial charge in [0, 0.05) is 23.8 Å². The van der Waals surface area contributed by atoms with Crippen LogP contribution < -0.4 is 0 Å². The molecular formula is C18H18N6S. The Morgan fingerprint density at radius 2 is 1.88 bits per heavy atom. The minimum atomic E-state index is -0.0619. The Morgan fingerprint density at radius 3 is 2.60 bits per heavy atom. The summed E-state index contributed by atoms with van der Waals surface area (Å²) in [5.74, 6) is 1.36. The molecule has 3 heterocycles. The number of nitrogens with zero attached hydrogens (tertiary/aromatic N) is 5. The molecular weight excluding hydrogens is 332 g/mol. The van der Waals surface area contributed by atoms with E-state index in [4.69, 9.17) is 10.1 Å². The van der Waals surface area contributed by atoms with E-state index in [2.05, 4.69) is 46.1 Å². The Hall–Kier alpha value is -2.67. The normalized spacial score (nSPS) is 12.6. The maximum Gasteiger partial charge on any atom is 0.252 e. The predicted octanol–water partition coefficient (Wildman–Crippen LogP) is 3.65. The highest BCUT2D eigenvalue weighted by Gasteiger charge is 2.23. The molecule has 0 aliphatic rings. The molecule has 0 saturated heterocycles. The topological polar surface area (TPSA) is 71.8 Å². The highest BCUT2D eigenvalue weighted by atomic mass is 32.2. The molecule has 1 aromatic carbocycles. The first kappa shape index (κ1) is 15.8. The maximum atomic E-state index is 4.71. The van der Waals surface area contributed by atoms with Crippen LogP contribution >= 0.6 is 11.8 Å². The van der Waals surface area contributed by atoms with Gasteiger partial charge in [0.05, 0.1) is 5.25 Å². The van der Waals surface area contributed by atoms with Crippen LogP contribution in [0.3, 0.4) is 0 Å². The summed E-state index contributed by atoms with van der Waals surface area (Å²) in [7, 11) is 0. The van der Waals surface area contributed by atoms with Gasteiger partial charge in [0.1, 0.15) is 0 Å². The van der Waals surface area contributed by atoms with Crippen LogP contribution in [-0.2, 0) is 0 Å². The number of hydrogen-bond donors (Lipinski definition) is 1. The van der Waals surface area contributed by atoms with Gasteiger partial charge in [-0.05, 0) is 32.4 Å². The molecule has 7 heteroatoms. The Balaban J connectivity index is 1.82. The number of H-pyrrole nitrogens is 1. The lowest BCUT2D eigenvalue weighted by atomic mass is 10.1. The molecule has 126 valence electrons. The summed E-state index contributed by atoms with van der Waals surface area (Å²) in [4.78, 5) is 16.7. The third-order valence-corrected chi connectivity index (χ3v) is 5.12. The summed E-state index contributed by atoms with van der Waals surface area (Å²) >= 11 is 1.60. The van der Waals surface area contributed by atoms with E-state index in [1.807, 2.05) is 26.1 Å². The molecule has 1 atom stereocenters. The van der Waals surface area contributed by atoms with Crippen molar-refractivity contribution in [1.82, 2.24) is 29.5 Å². The molecule has 0 spiro atoms. The van der Waals surface area contributed by atoms with Crippen LogP contribution in [0.25, 0.3) is 5.78 Å². The molecule has 25 heavy (non-hydrogen) atoms. The third-order valence-electron chi connectivity index (χ3n) is 3.95. The monoisotopic (exact) mass is 350 g/mol. The van der Waals surface area contributed by atoms with Crippen molar-refractivity contribution in [2.45, 2.75) is 31.2 Å². The molecule has 1 N–H and O–H groups in total. The molecule has 0 fully saturated rings. The molecule has 0 aliphatic heterocycles. The molecule has 3 aromatic heterocycles. The van der Waals surface area contributed by atoms with Crippen LogP contribution in [0.1, 0.15) is 33.6 Å². The van der Waals surface area contributed by atoms with Gasteiger partial charge in [-0.15, -0.1) is 5.10 Å². The standard InChI is InChI=1S/C18H18N6S/c1-11-4-6-14(7-5-11)15(25-18-19-8-9-20-18)16-22-17-21-12(2)10-13(3)24(17)23-16/h4-10,15H,1-3H3,(H,19,20). The Bertz CT molecular complexity index is 1000. The second-order valence-electron chi connectivity index (χ2n) is 6.02. The summed E-state index contributed by atoms with van der Waals surface area (Å²) in [6, 6.07) is 10.5. The van der Waals surface area contributed by atoms with E-state index in [1.54, 1.807) is 22.5 Å². The van der Waals surface area contributed by atoms with Crippen LogP contribution in [0, 0.1) is 20.8 Å². The summed E-state index contributed by atoms with van der Waals surface area (Å²) in [6.45, 7) is 6.06. The molecule has 6 nitrogen and oxygen atoms in total. The first-order valence-corrected chi connectivity index (χ1v) is 8.91. The number of aromatic nitrogens is 6. The third kappa shape index (κ3) is 3.15. The summed E-state index contributed by atoms with van der Waals surface area (Å²) in [6.07, 6.45) is 3.57. The molecule has 0 aliphatic carbocycles. The highest BCUT2D eigenvalue weighted by Crippen LogP contribution is 2.37. The van der Waals surface area contributed by atoms with E-state index in [0.29, 0.717) is 5.78 Å². The van der Waals surface area contributed by atoms with Crippen molar-refractivity contribution in [3.63, 3.8) is 0 Å². The number of thioether (sulfide) groups is 1. The zero-order valence-corrected chi connectivity index (χ0v) is 15.1. The van der Waals surface area contributed by atoms with Crippen molar-refractivity contribution in [3.05, 3.63) is 71.1 Å². The maximum absolute atomic E-state index is 4.71. The van der Waals surface area contributed by atoms with Crippen LogP contribution in [-0.4, -0.2) is 29.5 Å². The molecule has 4 rings (SSSR count). The number of imidazole rings is 1. The Morgan fingerprint density at radius 1 is 1.08 bits per heavy atom. The van der Waals surface area contributed by atoms with Gasteiger partial charge in [-0.1, -0.05) is 41.6 Å². The van der Waals surface area contributed by atoms with E-state index in [9.17, 15) is 0 Å². The number of hydrogen-bond acceptors (Lipinski definition) is 5. The highest BCUT2D eigenvalue weighted by molar-refractivity contribution is 7.99. The predicted molar refractivity (Wildman–Crippen MR) is 97.7 cm³/mol. The fourth-order valence-electron chi connectivity index (χ4n) is 2.73. The molecule has 1 unspecified atom stereocenters. The Labute approximate surface area is 149 Å². The Kier molecular flexibility index (Phi) is 4.01. The summed E-state index contributed by atoms with van der Waals surface area (Å²) < 4.78 is 1.80. The number of rotatable bonds is 4. The van der Waals surface area contributed by atoms with Crippen LogP contribution in [0.4, 0.5) is 0 Å². The van der Waals surface area contributed by atoms with Crippen molar-refractivity contribution in [3.8, 4) is 0 Å². The second-order valence-corrected chi connectivity index (χ2v) is 7.12. The minimum Gasteiger partial charge on any atom is -0.340 e. The lowest BCUT2D eigenvalue weighted by Gasteiger charge is -2.12. The zero-order valence-electron chi connectivity index (χ0n) is 14.3. The first-order valence-electron chi connectivity index (χ1n) is 8.03. The van der Waals surface area contributed by atoms with Gasteiger partial charge in [-0.2, -0.15) is 4.98 Å². The van der Waals surface area contributed by atoms with Crippen LogP contribution in [0.2, 0.25) is 0 Å².